The topological polar surface area (TPSA) is 88.7 Å². The summed E-state index contributed by atoms with van der Waals surface area (Å²) in [6.07, 6.45) is 2.47. The van der Waals surface area contributed by atoms with Crippen molar-refractivity contribution in [3.05, 3.63) is 57.9 Å². The highest BCUT2D eigenvalue weighted by Gasteiger charge is 2.33. The highest BCUT2D eigenvalue weighted by Crippen LogP contribution is 2.24. The van der Waals surface area contributed by atoms with Crippen molar-refractivity contribution in [2.45, 2.75) is 31.7 Å². The molecular formula is C20H24N4O4S2. The molecule has 30 heavy (non-hydrogen) atoms. The summed E-state index contributed by atoms with van der Waals surface area (Å²) in [4.78, 5) is 16.2. The van der Waals surface area contributed by atoms with Gasteiger partial charge in [0.05, 0.1) is 6.54 Å². The fraction of sp³-hybridized carbons (Fsp3) is 0.400. The van der Waals surface area contributed by atoms with Gasteiger partial charge < -0.3 is 14.0 Å². The van der Waals surface area contributed by atoms with Crippen LogP contribution < -0.4 is 0 Å². The van der Waals surface area contributed by atoms with E-state index in [1.54, 1.807) is 30.1 Å². The summed E-state index contributed by atoms with van der Waals surface area (Å²) in [7, 11) is -3.71. The van der Waals surface area contributed by atoms with E-state index in [1.807, 2.05) is 40.4 Å². The zero-order chi connectivity index (χ0) is 21.3. The van der Waals surface area contributed by atoms with Crippen LogP contribution in [0.5, 0.6) is 0 Å². The fourth-order valence-electron chi connectivity index (χ4n) is 3.79. The Morgan fingerprint density at radius 3 is 2.70 bits per heavy atom. The Hall–Kier alpha value is -2.43. The first-order valence-electron chi connectivity index (χ1n) is 9.78. The summed E-state index contributed by atoms with van der Waals surface area (Å²) in [5.41, 5.74) is 0.974. The smallest absolute Gasteiger partial charge is 0.270 e. The predicted octanol–water partition coefficient (Wildman–Crippen LogP) is 2.74. The molecule has 10 heteroatoms. The van der Waals surface area contributed by atoms with Gasteiger partial charge in [0.1, 0.15) is 16.3 Å². The number of hydrogen-bond donors (Lipinski definition) is 0. The van der Waals surface area contributed by atoms with Gasteiger partial charge in [-0.15, -0.1) is 11.3 Å². The second kappa shape index (κ2) is 8.37. The van der Waals surface area contributed by atoms with Gasteiger partial charge in [0.25, 0.3) is 5.91 Å². The van der Waals surface area contributed by atoms with Gasteiger partial charge in [0.2, 0.25) is 10.0 Å². The lowest BCUT2D eigenvalue weighted by atomic mass is 10.3. The molecule has 0 radical (unpaired) electrons. The van der Waals surface area contributed by atoms with Crippen molar-refractivity contribution >= 4 is 27.3 Å². The molecule has 1 aliphatic rings. The first-order valence-corrected chi connectivity index (χ1v) is 12.1. The number of amides is 1. The maximum Gasteiger partial charge on any atom is 0.270 e. The first-order chi connectivity index (χ1) is 14.4. The van der Waals surface area contributed by atoms with Gasteiger partial charge >= 0.3 is 0 Å². The van der Waals surface area contributed by atoms with Crippen LogP contribution in [0, 0.1) is 13.8 Å². The maximum atomic E-state index is 13.2. The van der Waals surface area contributed by atoms with E-state index in [2.05, 4.69) is 5.16 Å². The van der Waals surface area contributed by atoms with Crippen molar-refractivity contribution in [3.8, 4) is 0 Å². The molecular weight excluding hydrogens is 424 g/mol. The standard InChI is InChI=1S/C20H24N4O4S2/c1-15-19(16(2)28-21-15)30(26,27)24-10-5-9-22(11-12-24)20(25)18-7-3-8-23(18)14-17-6-4-13-29-17/h3-4,6-8,13H,5,9-12,14H2,1-2H3. The summed E-state index contributed by atoms with van der Waals surface area (Å²) in [6, 6.07) is 7.72. The summed E-state index contributed by atoms with van der Waals surface area (Å²) >= 11 is 1.65. The van der Waals surface area contributed by atoms with Crippen molar-refractivity contribution < 1.29 is 17.7 Å². The van der Waals surface area contributed by atoms with Gasteiger partial charge in [-0.05, 0) is 43.8 Å². The highest BCUT2D eigenvalue weighted by atomic mass is 32.2. The molecule has 4 rings (SSSR count). The molecule has 0 atom stereocenters. The maximum absolute atomic E-state index is 13.2. The Kier molecular flexibility index (Phi) is 5.81. The van der Waals surface area contributed by atoms with Crippen LogP contribution in [-0.2, 0) is 16.6 Å². The molecule has 0 bridgehead atoms. The zero-order valence-corrected chi connectivity index (χ0v) is 18.6. The number of sulfonamides is 1. The Bertz CT molecular complexity index is 1110. The number of thiophene rings is 1. The Labute approximate surface area is 179 Å². The van der Waals surface area contributed by atoms with E-state index in [-0.39, 0.29) is 23.1 Å². The van der Waals surface area contributed by atoms with Crippen LogP contribution in [0.25, 0.3) is 0 Å². The van der Waals surface area contributed by atoms with E-state index in [0.29, 0.717) is 44.0 Å². The van der Waals surface area contributed by atoms with E-state index < -0.39 is 10.0 Å². The second-order valence-electron chi connectivity index (χ2n) is 7.30. The number of nitrogens with zero attached hydrogens (tertiary/aromatic N) is 4. The molecule has 3 aromatic heterocycles. The minimum absolute atomic E-state index is 0.0758. The quantitative estimate of drug-likeness (QED) is 0.599. The fourth-order valence-corrected chi connectivity index (χ4v) is 6.25. The first kappa shape index (κ1) is 20.8. The molecule has 1 fully saturated rings. The molecule has 4 heterocycles. The SMILES string of the molecule is Cc1noc(C)c1S(=O)(=O)N1CCCN(C(=O)c2cccn2Cc2cccs2)CC1. The summed E-state index contributed by atoms with van der Waals surface area (Å²) in [5.74, 6) is 0.212. The summed E-state index contributed by atoms with van der Waals surface area (Å²) < 4.78 is 34.6. The average molecular weight is 449 g/mol. The van der Waals surface area contributed by atoms with Gasteiger partial charge in [-0.25, -0.2) is 8.42 Å². The molecule has 1 saturated heterocycles. The lowest BCUT2D eigenvalue weighted by molar-refractivity contribution is 0.0754. The predicted molar refractivity (Wildman–Crippen MR) is 113 cm³/mol. The average Bonchev–Trinajstić information content (AvgIpc) is 3.41. The van der Waals surface area contributed by atoms with E-state index in [4.69, 9.17) is 4.52 Å². The van der Waals surface area contributed by atoms with E-state index in [9.17, 15) is 13.2 Å². The van der Waals surface area contributed by atoms with Crippen LogP contribution in [0.3, 0.4) is 0 Å². The van der Waals surface area contributed by atoms with Crippen LogP contribution in [0.15, 0.2) is 45.3 Å². The number of rotatable bonds is 5. The molecule has 3 aromatic rings. The Balaban J connectivity index is 1.49. The monoisotopic (exact) mass is 448 g/mol. The Morgan fingerprint density at radius 2 is 2.00 bits per heavy atom. The van der Waals surface area contributed by atoms with Crippen LogP contribution in [0.4, 0.5) is 0 Å². The number of hydrogen-bond acceptors (Lipinski definition) is 6. The highest BCUT2D eigenvalue weighted by molar-refractivity contribution is 7.89. The minimum atomic E-state index is -3.71. The number of aromatic nitrogens is 2. The van der Waals surface area contributed by atoms with Crippen molar-refractivity contribution in [2.75, 3.05) is 26.2 Å². The molecule has 8 nitrogen and oxygen atoms in total. The van der Waals surface area contributed by atoms with Gasteiger partial charge in [0, 0.05) is 37.3 Å². The lowest BCUT2D eigenvalue weighted by Gasteiger charge is -2.22. The molecule has 1 aliphatic heterocycles. The number of aryl methyl sites for hydroxylation is 2. The minimum Gasteiger partial charge on any atom is -0.360 e. The van der Waals surface area contributed by atoms with Gasteiger partial charge in [-0.3, -0.25) is 4.79 Å². The number of carbonyl (C=O) groups excluding carboxylic acids is 1. The molecule has 0 N–H and O–H groups in total. The van der Waals surface area contributed by atoms with E-state index >= 15 is 0 Å². The third-order valence-electron chi connectivity index (χ3n) is 5.26. The normalized spacial score (nSPS) is 16.0. The van der Waals surface area contributed by atoms with Gasteiger partial charge in [0.15, 0.2) is 5.76 Å². The molecule has 0 aliphatic carbocycles. The third-order valence-corrected chi connectivity index (χ3v) is 8.27. The van der Waals surface area contributed by atoms with E-state index in [0.717, 1.165) is 0 Å². The molecule has 0 saturated carbocycles. The van der Waals surface area contributed by atoms with Crippen molar-refractivity contribution in [3.63, 3.8) is 0 Å². The van der Waals surface area contributed by atoms with Crippen LogP contribution in [0.1, 0.15) is 33.2 Å². The molecule has 0 spiro atoms. The summed E-state index contributed by atoms with van der Waals surface area (Å²) in [6.45, 7) is 5.31. The van der Waals surface area contributed by atoms with Crippen LogP contribution >= 0.6 is 11.3 Å². The third kappa shape index (κ3) is 3.94. The largest absolute Gasteiger partial charge is 0.360 e. The van der Waals surface area contributed by atoms with Gasteiger partial charge in [-0.1, -0.05) is 11.2 Å². The molecule has 160 valence electrons. The van der Waals surface area contributed by atoms with Crippen molar-refractivity contribution in [1.29, 1.82) is 0 Å². The van der Waals surface area contributed by atoms with Crippen LogP contribution in [0.2, 0.25) is 0 Å². The van der Waals surface area contributed by atoms with Crippen molar-refractivity contribution in [1.82, 2.24) is 18.9 Å². The second-order valence-corrected chi connectivity index (χ2v) is 10.2. The number of carbonyl (C=O) groups is 1. The Morgan fingerprint density at radius 1 is 1.17 bits per heavy atom. The lowest BCUT2D eigenvalue weighted by Crippen LogP contribution is -2.38. The summed E-state index contributed by atoms with van der Waals surface area (Å²) in [5, 5.41) is 5.79. The molecule has 0 unspecified atom stereocenters. The molecule has 1 amide bonds. The van der Waals surface area contributed by atoms with Crippen molar-refractivity contribution in [2.24, 2.45) is 0 Å². The van der Waals surface area contributed by atoms with Gasteiger partial charge in [-0.2, -0.15) is 4.31 Å². The molecule has 0 aromatic carbocycles. The van der Waals surface area contributed by atoms with Crippen LogP contribution in [-0.4, -0.2) is 59.4 Å². The van der Waals surface area contributed by atoms with E-state index in [1.165, 1.54) is 9.18 Å². The zero-order valence-electron chi connectivity index (χ0n) is 16.9.